The number of aryl methyl sites for hydroxylation is 1. The van der Waals surface area contributed by atoms with Gasteiger partial charge in [-0.25, -0.2) is 9.59 Å². The number of carbonyl (C=O) groups is 2. The molecule has 1 N–H and O–H groups in total. The Kier molecular flexibility index (Phi) is 7.36. The van der Waals surface area contributed by atoms with Crippen molar-refractivity contribution in [1.29, 1.82) is 0 Å². The van der Waals surface area contributed by atoms with E-state index in [9.17, 15) is 9.59 Å². The molecule has 0 aliphatic rings. The molecule has 9 heteroatoms. The Bertz CT molecular complexity index is 1520. The molecule has 5 rings (SSSR count). The highest BCUT2D eigenvalue weighted by atomic mass is 32.1. The van der Waals surface area contributed by atoms with Crippen LogP contribution in [0.3, 0.4) is 0 Å². The molecule has 0 fully saturated rings. The Hall–Kier alpha value is -3.53. The third-order valence-electron chi connectivity index (χ3n) is 5.76. The van der Waals surface area contributed by atoms with Crippen molar-refractivity contribution >= 4 is 61.4 Å². The number of rotatable bonds is 7. The molecule has 0 radical (unpaired) electrons. The van der Waals surface area contributed by atoms with E-state index in [2.05, 4.69) is 27.9 Å². The first-order valence-corrected chi connectivity index (χ1v) is 14.1. The SMILES string of the molecule is CCOC(=O)c1cc2sc(-c3ccc(-c4snc(C)c4NC(=O)O[C@H](C)c4ccccc4)cc3)cc2s1. The monoisotopic (exact) mass is 548 g/mol. The maximum absolute atomic E-state index is 12.6. The smallest absolute Gasteiger partial charge is 0.412 e. The van der Waals surface area contributed by atoms with Crippen molar-refractivity contribution in [3.63, 3.8) is 0 Å². The summed E-state index contributed by atoms with van der Waals surface area (Å²) in [6, 6.07) is 21.8. The molecular weight excluding hydrogens is 525 g/mol. The largest absolute Gasteiger partial charge is 0.462 e. The van der Waals surface area contributed by atoms with Gasteiger partial charge >= 0.3 is 12.1 Å². The van der Waals surface area contributed by atoms with Crippen LogP contribution >= 0.6 is 34.2 Å². The molecule has 37 heavy (non-hydrogen) atoms. The van der Waals surface area contributed by atoms with Gasteiger partial charge in [0.25, 0.3) is 0 Å². The molecule has 6 nitrogen and oxygen atoms in total. The summed E-state index contributed by atoms with van der Waals surface area (Å²) in [6.45, 7) is 5.89. The molecule has 188 valence electrons. The molecule has 3 heterocycles. The highest BCUT2D eigenvalue weighted by Crippen LogP contribution is 2.40. The Morgan fingerprint density at radius 2 is 1.68 bits per heavy atom. The average Bonchev–Trinajstić information content (AvgIpc) is 3.59. The summed E-state index contributed by atoms with van der Waals surface area (Å²) in [5.41, 5.74) is 4.38. The minimum Gasteiger partial charge on any atom is -0.462 e. The Morgan fingerprint density at radius 1 is 0.973 bits per heavy atom. The predicted molar refractivity (Wildman–Crippen MR) is 152 cm³/mol. The fourth-order valence-corrected chi connectivity index (χ4v) is 7.01. The number of hydrogen-bond donors (Lipinski definition) is 1. The molecule has 0 saturated heterocycles. The first-order chi connectivity index (χ1) is 17.9. The van der Waals surface area contributed by atoms with Crippen molar-refractivity contribution in [2.75, 3.05) is 11.9 Å². The highest BCUT2D eigenvalue weighted by Gasteiger charge is 2.19. The molecule has 1 atom stereocenters. The van der Waals surface area contributed by atoms with Crippen molar-refractivity contribution in [3.8, 4) is 20.9 Å². The normalized spacial score (nSPS) is 11.9. The number of esters is 1. The van der Waals surface area contributed by atoms with Gasteiger partial charge in [-0.3, -0.25) is 5.32 Å². The van der Waals surface area contributed by atoms with Crippen LogP contribution in [0, 0.1) is 6.92 Å². The van der Waals surface area contributed by atoms with Crippen LogP contribution in [0.2, 0.25) is 0 Å². The van der Waals surface area contributed by atoms with E-state index < -0.39 is 6.09 Å². The zero-order chi connectivity index (χ0) is 25.9. The number of amides is 1. The van der Waals surface area contributed by atoms with Crippen LogP contribution in [-0.4, -0.2) is 23.0 Å². The number of anilines is 1. The molecule has 1 amide bonds. The Morgan fingerprint density at radius 3 is 2.38 bits per heavy atom. The number of hydrogen-bond acceptors (Lipinski definition) is 8. The van der Waals surface area contributed by atoms with Crippen LogP contribution in [0.4, 0.5) is 10.5 Å². The van der Waals surface area contributed by atoms with E-state index in [1.807, 2.05) is 62.4 Å². The Labute approximate surface area is 226 Å². The molecule has 0 aliphatic carbocycles. The van der Waals surface area contributed by atoms with Gasteiger partial charge < -0.3 is 9.47 Å². The molecule has 5 aromatic rings. The topological polar surface area (TPSA) is 77.5 Å². The third-order valence-corrected chi connectivity index (χ3v) is 9.07. The van der Waals surface area contributed by atoms with E-state index in [-0.39, 0.29) is 12.1 Å². The molecule has 3 aromatic heterocycles. The van der Waals surface area contributed by atoms with Gasteiger partial charge in [0.2, 0.25) is 0 Å². The maximum atomic E-state index is 12.6. The molecule has 0 aliphatic heterocycles. The van der Waals surface area contributed by atoms with Gasteiger partial charge in [0, 0.05) is 14.3 Å². The summed E-state index contributed by atoms with van der Waals surface area (Å²) in [6.07, 6.45) is -0.886. The van der Waals surface area contributed by atoms with Gasteiger partial charge in [0.1, 0.15) is 11.0 Å². The number of nitrogens with zero attached hydrogens (tertiary/aromatic N) is 1. The van der Waals surface area contributed by atoms with Crippen molar-refractivity contribution in [2.45, 2.75) is 26.9 Å². The van der Waals surface area contributed by atoms with E-state index in [0.29, 0.717) is 17.2 Å². The number of thiophene rings is 2. The van der Waals surface area contributed by atoms with Gasteiger partial charge in [0.05, 0.1) is 22.9 Å². The second-order valence-electron chi connectivity index (χ2n) is 8.30. The van der Waals surface area contributed by atoms with Crippen LogP contribution in [0.15, 0.2) is 66.7 Å². The minimum absolute atomic E-state index is 0.274. The number of carbonyl (C=O) groups excluding carboxylic acids is 2. The second-order valence-corrected chi connectivity index (χ2v) is 11.2. The number of nitrogens with one attached hydrogen (secondary N) is 1. The fraction of sp³-hybridized carbons (Fsp3) is 0.179. The number of fused-ring (bicyclic) bond motifs is 1. The number of benzene rings is 2. The van der Waals surface area contributed by atoms with E-state index >= 15 is 0 Å². The van der Waals surface area contributed by atoms with E-state index in [1.54, 1.807) is 18.3 Å². The second kappa shape index (κ2) is 10.8. The summed E-state index contributed by atoms with van der Waals surface area (Å²) in [7, 11) is 0. The quantitative estimate of drug-likeness (QED) is 0.206. The van der Waals surface area contributed by atoms with Gasteiger partial charge in [-0.15, -0.1) is 22.7 Å². The predicted octanol–water partition coefficient (Wildman–Crippen LogP) is 8.55. The Balaban J connectivity index is 1.31. The number of ether oxygens (including phenoxy) is 2. The lowest BCUT2D eigenvalue weighted by Crippen LogP contribution is -2.16. The first kappa shape index (κ1) is 25.1. The number of aromatic nitrogens is 1. The maximum Gasteiger partial charge on any atom is 0.412 e. The minimum atomic E-state index is -0.515. The first-order valence-electron chi connectivity index (χ1n) is 11.7. The van der Waals surface area contributed by atoms with Crippen LogP contribution < -0.4 is 5.32 Å². The summed E-state index contributed by atoms with van der Waals surface area (Å²) in [5, 5.41) is 2.89. The summed E-state index contributed by atoms with van der Waals surface area (Å²) in [5.74, 6) is -0.274. The lowest BCUT2D eigenvalue weighted by atomic mass is 10.1. The standard InChI is InChI=1S/C28H24N2O4S3/c1-4-33-27(31)24-15-23-22(36-24)14-21(35-23)19-10-12-20(13-11-19)26-25(16(2)30-37-26)29-28(32)34-17(3)18-8-6-5-7-9-18/h5-15,17H,4H2,1-3H3,(H,29,32)/t17-/m1/s1. The zero-order valence-electron chi connectivity index (χ0n) is 20.4. The van der Waals surface area contributed by atoms with Crippen LogP contribution in [0.25, 0.3) is 30.3 Å². The van der Waals surface area contributed by atoms with Gasteiger partial charge in [0.15, 0.2) is 0 Å². The van der Waals surface area contributed by atoms with Crippen molar-refractivity contribution in [2.24, 2.45) is 0 Å². The molecule has 0 spiro atoms. The summed E-state index contributed by atoms with van der Waals surface area (Å²) >= 11 is 4.44. The van der Waals surface area contributed by atoms with Gasteiger partial charge in [-0.1, -0.05) is 54.6 Å². The van der Waals surface area contributed by atoms with Crippen molar-refractivity contribution in [1.82, 2.24) is 4.37 Å². The molecule has 0 bridgehead atoms. The fourth-order valence-electron chi connectivity index (χ4n) is 3.86. The molecule has 0 saturated carbocycles. The summed E-state index contributed by atoms with van der Waals surface area (Å²) in [4.78, 5) is 27.3. The molecule has 0 unspecified atom stereocenters. The molecule has 2 aromatic carbocycles. The van der Waals surface area contributed by atoms with Crippen molar-refractivity contribution in [3.05, 3.63) is 82.9 Å². The van der Waals surface area contributed by atoms with Crippen LogP contribution in [0.1, 0.15) is 40.9 Å². The molecular formula is C28H24N2O4S3. The lowest BCUT2D eigenvalue weighted by Gasteiger charge is -2.14. The van der Waals surface area contributed by atoms with E-state index in [4.69, 9.17) is 9.47 Å². The average molecular weight is 549 g/mol. The third kappa shape index (κ3) is 5.44. The lowest BCUT2D eigenvalue weighted by molar-refractivity contribution is 0.0532. The van der Waals surface area contributed by atoms with Gasteiger partial charge in [-0.2, -0.15) is 4.37 Å². The summed E-state index contributed by atoms with van der Waals surface area (Å²) < 4.78 is 17.3. The highest BCUT2D eigenvalue weighted by molar-refractivity contribution is 7.30. The van der Waals surface area contributed by atoms with E-state index in [0.717, 1.165) is 41.5 Å². The van der Waals surface area contributed by atoms with Crippen molar-refractivity contribution < 1.29 is 19.1 Å². The van der Waals surface area contributed by atoms with Gasteiger partial charge in [-0.05, 0) is 61.1 Å². The van der Waals surface area contributed by atoms with E-state index in [1.165, 1.54) is 22.9 Å². The van der Waals surface area contributed by atoms with Crippen LogP contribution in [0.5, 0.6) is 0 Å². The van der Waals surface area contributed by atoms with Crippen LogP contribution in [-0.2, 0) is 9.47 Å². The zero-order valence-corrected chi connectivity index (χ0v) is 22.9.